The van der Waals surface area contributed by atoms with Crippen LogP contribution in [0, 0.1) is 5.92 Å². The molecule has 14 heavy (non-hydrogen) atoms. The minimum atomic E-state index is -0.0159. The monoisotopic (exact) mass is 279 g/mol. The number of halogens is 1. The molecule has 2 unspecified atom stereocenters. The highest BCUT2D eigenvalue weighted by atomic mass is 79.9. The van der Waals surface area contributed by atoms with Crippen LogP contribution in [0.5, 0.6) is 0 Å². The van der Waals surface area contributed by atoms with Crippen LogP contribution < -0.4 is 0 Å². The van der Waals surface area contributed by atoms with E-state index in [2.05, 4.69) is 36.7 Å². The van der Waals surface area contributed by atoms with Gasteiger partial charge in [-0.15, -0.1) is 0 Å². The maximum atomic E-state index is 12.0. The quantitative estimate of drug-likeness (QED) is 0.724. The van der Waals surface area contributed by atoms with E-state index < -0.39 is 0 Å². The molecule has 0 bridgehead atoms. The standard InChI is InChI=1S/C10H18BrNOS/c1-7(2)9(11)10(13)12-4-5-14-8(3)6-12/h7-9H,4-6H2,1-3H3. The van der Waals surface area contributed by atoms with Crippen molar-refractivity contribution in [1.82, 2.24) is 4.90 Å². The largest absolute Gasteiger partial charge is 0.340 e. The van der Waals surface area contributed by atoms with Gasteiger partial charge in [0.05, 0.1) is 4.83 Å². The molecule has 1 amide bonds. The summed E-state index contributed by atoms with van der Waals surface area (Å²) in [6.07, 6.45) is 0. The van der Waals surface area contributed by atoms with Crippen molar-refractivity contribution >= 4 is 33.6 Å². The van der Waals surface area contributed by atoms with Gasteiger partial charge in [0.2, 0.25) is 5.91 Å². The third-order valence-electron chi connectivity index (χ3n) is 2.37. The number of hydrogen-bond donors (Lipinski definition) is 0. The van der Waals surface area contributed by atoms with Gasteiger partial charge in [0.25, 0.3) is 0 Å². The van der Waals surface area contributed by atoms with Crippen molar-refractivity contribution in [3.63, 3.8) is 0 Å². The first-order valence-corrected chi connectivity index (χ1v) is 7.03. The maximum absolute atomic E-state index is 12.0. The minimum Gasteiger partial charge on any atom is -0.340 e. The van der Waals surface area contributed by atoms with Crippen LogP contribution in [0.4, 0.5) is 0 Å². The lowest BCUT2D eigenvalue weighted by Crippen LogP contribution is -2.45. The third-order valence-corrected chi connectivity index (χ3v) is 4.96. The van der Waals surface area contributed by atoms with Gasteiger partial charge in [-0.3, -0.25) is 4.79 Å². The van der Waals surface area contributed by atoms with Gasteiger partial charge in [0.1, 0.15) is 0 Å². The molecule has 1 fully saturated rings. The van der Waals surface area contributed by atoms with E-state index in [1.807, 2.05) is 16.7 Å². The Bertz CT molecular complexity index is 210. The van der Waals surface area contributed by atoms with Crippen LogP contribution in [0.15, 0.2) is 0 Å². The molecule has 4 heteroatoms. The summed E-state index contributed by atoms with van der Waals surface area (Å²) < 4.78 is 0. The summed E-state index contributed by atoms with van der Waals surface area (Å²) in [5.41, 5.74) is 0. The lowest BCUT2D eigenvalue weighted by Gasteiger charge is -2.32. The molecule has 0 N–H and O–H groups in total. The van der Waals surface area contributed by atoms with Gasteiger partial charge in [-0.25, -0.2) is 0 Å². The number of amides is 1. The van der Waals surface area contributed by atoms with Crippen LogP contribution in [0.25, 0.3) is 0 Å². The molecule has 0 aliphatic carbocycles. The summed E-state index contributed by atoms with van der Waals surface area (Å²) in [7, 11) is 0. The van der Waals surface area contributed by atoms with Gasteiger partial charge in [-0.05, 0) is 5.92 Å². The molecule has 1 rings (SSSR count). The molecule has 0 aromatic rings. The molecule has 1 aliphatic heterocycles. The smallest absolute Gasteiger partial charge is 0.236 e. The fraction of sp³-hybridized carbons (Fsp3) is 0.900. The molecule has 82 valence electrons. The average molecular weight is 280 g/mol. The van der Waals surface area contributed by atoms with E-state index >= 15 is 0 Å². The fourth-order valence-electron chi connectivity index (χ4n) is 1.48. The van der Waals surface area contributed by atoms with E-state index in [1.165, 1.54) is 0 Å². The zero-order valence-electron chi connectivity index (χ0n) is 9.00. The summed E-state index contributed by atoms with van der Waals surface area (Å²) in [6.45, 7) is 8.13. The molecule has 0 radical (unpaired) electrons. The summed E-state index contributed by atoms with van der Waals surface area (Å²) >= 11 is 5.42. The van der Waals surface area contributed by atoms with Gasteiger partial charge >= 0.3 is 0 Å². The zero-order valence-corrected chi connectivity index (χ0v) is 11.4. The van der Waals surface area contributed by atoms with Crippen LogP contribution in [0.3, 0.4) is 0 Å². The van der Waals surface area contributed by atoms with Crippen LogP contribution in [0.1, 0.15) is 20.8 Å². The second kappa shape index (κ2) is 5.40. The van der Waals surface area contributed by atoms with Crippen molar-refractivity contribution in [3.8, 4) is 0 Å². The predicted octanol–water partition coefficient (Wildman–Crippen LogP) is 2.37. The van der Waals surface area contributed by atoms with E-state index in [1.54, 1.807) is 0 Å². The van der Waals surface area contributed by atoms with Crippen molar-refractivity contribution in [2.45, 2.75) is 30.8 Å². The van der Waals surface area contributed by atoms with Crippen LogP contribution in [0.2, 0.25) is 0 Å². The number of alkyl halides is 1. The molecule has 1 aliphatic rings. The Labute approximate surface area is 98.9 Å². The molecule has 0 spiro atoms. The lowest BCUT2D eigenvalue weighted by atomic mass is 10.1. The third kappa shape index (κ3) is 3.16. The molecule has 2 atom stereocenters. The van der Waals surface area contributed by atoms with Gasteiger partial charge in [0.15, 0.2) is 0 Å². The summed E-state index contributed by atoms with van der Waals surface area (Å²) in [5, 5.41) is 0.583. The van der Waals surface area contributed by atoms with Gasteiger partial charge in [0, 0.05) is 24.1 Å². The van der Waals surface area contributed by atoms with Gasteiger partial charge < -0.3 is 4.90 Å². The Kier molecular flexibility index (Phi) is 4.77. The van der Waals surface area contributed by atoms with Crippen LogP contribution >= 0.6 is 27.7 Å². The van der Waals surface area contributed by atoms with Crippen LogP contribution in [-0.2, 0) is 4.79 Å². The average Bonchev–Trinajstić information content (AvgIpc) is 2.15. The first-order valence-electron chi connectivity index (χ1n) is 5.07. The van der Waals surface area contributed by atoms with E-state index in [9.17, 15) is 4.79 Å². The molecular weight excluding hydrogens is 262 g/mol. The molecule has 0 aromatic heterocycles. The number of carbonyl (C=O) groups excluding carboxylic acids is 1. The van der Waals surface area contributed by atoms with E-state index in [-0.39, 0.29) is 10.7 Å². The number of carbonyl (C=O) groups is 1. The van der Waals surface area contributed by atoms with Gasteiger partial charge in [-0.2, -0.15) is 11.8 Å². The maximum Gasteiger partial charge on any atom is 0.236 e. The molecular formula is C10H18BrNOS. The Morgan fingerprint density at radius 1 is 1.57 bits per heavy atom. The second-order valence-electron chi connectivity index (χ2n) is 4.11. The van der Waals surface area contributed by atoms with Crippen LogP contribution in [-0.4, -0.2) is 39.7 Å². The second-order valence-corrected chi connectivity index (χ2v) is 6.64. The highest BCUT2D eigenvalue weighted by Gasteiger charge is 2.27. The Hall–Kier alpha value is 0.300. The number of nitrogens with zero attached hydrogens (tertiary/aromatic N) is 1. The van der Waals surface area contributed by atoms with E-state index in [4.69, 9.17) is 0 Å². The first kappa shape index (κ1) is 12.4. The summed E-state index contributed by atoms with van der Waals surface area (Å²) in [5.74, 6) is 1.70. The van der Waals surface area contributed by atoms with Crippen molar-refractivity contribution in [1.29, 1.82) is 0 Å². The Balaban J connectivity index is 2.51. The minimum absolute atomic E-state index is 0.0159. The van der Waals surface area contributed by atoms with Crippen molar-refractivity contribution in [2.75, 3.05) is 18.8 Å². The topological polar surface area (TPSA) is 20.3 Å². The molecule has 0 aromatic carbocycles. The summed E-state index contributed by atoms with van der Waals surface area (Å²) in [6, 6.07) is 0. The molecule has 1 saturated heterocycles. The number of rotatable bonds is 2. The molecule has 1 heterocycles. The number of thioether (sulfide) groups is 1. The normalized spacial score (nSPS) is 25.2. The predicted molar refractivity (Wildman–Crippen MR) is 66.1 cm³/mol. The first-order chi connectivity index (χ1) is 6.52. The SMILES string of the molecule is CC1CN(C(=O)C(Br)C(C)C)CCS1. The zero-order chi connectivity index (χ0) is 10.7. The highest BCUT2D eigenvalue weighted by molar-refractivity contribution is 9.10. The highest BCUT2D eigenvalue weighted by Crippen LogP contribution is 2.21. The van der Waals surface area contributed by atoms with Crippen molar-refractivity contribution in [2.24, 2.45) is 5.92 Å². The van der Waals surface area contributed by atoms with E-state index in [0.29, 0.717) is 11.2 Å². The van der Waals surface area contributed by atoms with E-state index in [0.717, 1.165) is 18.8 Å². The van der Waals surface area contributed by atoms with Crippen molar-refractivity contribution in [3.05, 3.63) is 0 Å². The lowest BCUT2D eigenvalue weighted by molar-refractivity contribution is -0.131. The molecule has 2 nitrogen and oxygen atoms in total. The summed E-state index contributed by atoms with van der Waals surface area (Å²) in [4.78, 5) is 13.9. The van der Waals surface area contributed by atoms with Crippen molar-refractivity contribution < 1.29 is 4.79 Å². The molecule has 0 saturated carbocycles. The Morgan fingerprint density at radius 3 is 2.71 bits per heavy atom. The fourth-order valence-corrected chi connectivity index (χ4v) is 2.78. The Morgan fingerprint density at radius 2 is 2.21 bits per heavy atom. The number of hydrogen-bond acceptors (Lipinski definition) is 2. The van der Waals surface area contributed by atoms with Gasteiger partial charge in [-0.1, -0.05) is 36.7 Å².